The monoisotopic (exact) mass is 288 g/mol. The average molecular weight is 289 g/mol. The number of aromatic nitrogens is 2. The van der Waals surface area contributed by atoms with Crippen LogP contribution in [0.5, 0.6) is 0 Å². The van der Waals surface area contributed by atoms with Crippen molar-refractivity contribution in [3.8, 4) is 0 Å². The second kappa shape index (κ2) is 4.55. The summed E-state index contributed by atoms with van der Waals surface area (Å²) in [6.45, 7) is 8.04. The van der Waals surface area contributed by atoms with Gasteiger partial charge in [0, 0.05) is 5.69 Å². The Morgan fingerprint density at radius 2 is 2.12 bits per heavy atom. The van der Waals surface area contributed by atoms with E-state index >= 15 is 0 Å². The highest BCUT2D eigenvalue weighted by Gasteiger charge is 2.29. The van der Waals surface area contributed by atoms with Crippen LogP contribution in [0.3, 0.4) is 0 Å². The summed E-state index contributed by atoms with van der Waals surface area (Å²) in [6, 6.07) is 0. The van der Waals surface area contributed by atoms with Gasteiger partial charge in [-0.1, -0.05) is 0 Å². The maximum atomic E-state index is 11.6. The van der Waals surface area contributed by atoms with Crippen molar-refractivity contribution in [1.29, 1.82) is 0 Å². The van der Waals surface area contributed by atoms with E-state index in [9.17, 15) is 4.79 Å². The number of rotatable bonds is 3. The van der Waals surface area contributed by atoms with E-state index in [1.807, 2.05) is 32.4 Å². The minimum Gasteiger partial charge on any atom is -0.294 e. The number of nitrogens with two attached hydrogens (primary N) is 1. The molecule has 1 amide bonds. The number of carbonyl (C=O) groups is 1. The summed E-state index contributed by atoms with van der Waals surface area (Å²) in [5.41, 5.74) is 3.52. The Bertz CT molecular complexity index is 411. The Balaban J connectivity index is 2.96. The highest BCUT2D eigenvalue weighted by Crippen LogP contribution is 2.24. The molecule has 0 aliphatic rings. The van der Waals surface area contributed by atoms with Gasteiger partial charge in [0.15, 0.2) is 0 Å². The van der Waals surface area contributed by atoms with Crippen LogP contribution >= 0.6 is 15.9 Å². The number of carbonyl (C=O) groups excluding carboxylic acids is 1. The Kier molecular flexibility index (Phi) is 3.75. The summed E-state index contributed by atoms with van der Waals surface area (Å²) in [4.78, 5) is 11.6. The molecule has 0 aliphatic heterocycles. The summed E-state index contributed by atoms with van der Waals surface area (Å²) < 4.78 is 2.80. The van der Waals surface area contributed by atoms with Crippen molar-refractivity contribution < 1.29 is 4.79 Å². The third-order valence-electron chi connectivity index (χ3n) is 2.58. The first-order valence-electron chi connectivity index (χ1n) is 5.00. The van der Waals surface area contributed by atoms with Crippen LogP contribution < -0.4 is 11.3 Å². The lowest BCUT2D eigenvalue weighted by Crippen LogP contribution is -2.43. The molecule has 6 heteroatoms. The minimum atomic E-state index is -0.586. The summed E-state index contributed by atoms with van der Waals surface area (Å²) >= 11 is 3.45. The fourth-order valence-electron chi connectivity index (χ4n) is 1.47. The van der Waals surface area contributed by atoms with Gasteiger partial charge in [-0.25, -0.2) is 5.84 Å². The van der Waals surface area contributed by atoms with Gasteiger partial charge in [0.2, 0.25) is 5.91 Å². The minimum absolute atomic E-state index is 0.198. The molecule has 90 valence electrons. The quantitative estimate of drug-likeness (QED) is 0.500. The standard InChI is InChI=1S/C10H17BrN4O/c1-6-8(11)7(2)15(14-6)5-10(3,4)9(16)13-12/h5,12H2,1-4H3,(H,13,16). The van der Waals surface area contributed by atoms with Gasteiger partial charge in [0.1, 0.15) is 0 Å². The summed E-state index contributed by atoms with van der Waals surface area (Å²) in [5, 5.41) is 4.36. The zero-order valence-corrected chi connectivity index (χ0v) is 11.6. The molecule has 1 rings (SSSR count). The number of hydrogen-bond acceptors (Lipinski definition) is 3. The molecule has 1 heterocycles. The van der Waals surface area contributed by atoms with Gasteiger partial charge in [0.25, 0.3) is 0 Å². The number of hydrazine groups is 1. The van der Waals surface area contributed by atoms with Crippen LogP contribution in [0.2, 0.25) is 0 Å². The van der Waals surface area contributed by atoms with Crippen LogP contribution in [-0.4, -0.2) is 15.7 Å². The number of amides is 1. The van der Waals surface area contributed by atoms with E-state index in [0.29, 0.717) is 6.54 Å². The van der Waals surface area contributed by atoms with Crippen LogP contribution in [0.1, 0.15) is 25.2 Å². The molecule has 5 nitrogen and oxygen atoms in total. The van der Waals surface area contributed by atoms with E-state index in [4.69, 9.17) is 5.84 Å². The second-order valence-corrected chi connectivity index (χ2v) is 5.29. The van der Waals surface area contributed by atoms with Crippen LogP contribution in [0.4, 0.5) is 0 Å². The lowest BCUT2D eigenvalue weighted by atomic mass is 9.92. The number of halogens is 1. The molecule has 0 saturated heterocycles. The topological polar surface area (TPSA) is 72.9 Å². The summed E-state index contributed by atoms with van der Waals surface area (Å²) in [6.07, 6.45) is 0. The first-order valence-corrected chi connectivity index (χ1v) is 5.79. The smallest absolute Gasteiger partial charge is 0.241 e. The number of nitrogens with one attached hydrogen (secondary N) is 1. The fraction of sp³-hybridized carbons (Fsp3) is 0.600. The molecule has 0 aromatic carbocycles. The van der Waals surface area contributed by atoms with Gasteiger partial charge < -0.3 is 0 Å². The van der Waals surface area contributed by atoms with Crippen molar-refractivity contribution in [3.05, 3.63) is 15.9 Å². The average Bonchev–Trinajstić information content (AvgIpc) is 2.44. The molecule has 0 radical (unpaired) electrons. The molecule has 0 spiro atoms. The third-order valence-corrected chi connectivity index (χ3v) is 3.73. The van der Waals surface area contributed by atoms with E-state index in [-0.39, 0.29) is 5.91 Å². The Hall–Kier alpha value is -0.880. The summed E-state index contributed by atoms with van der Waals surface area (Å²) in [7, 11) is 0. The largest absolute Gasteiger partial charge is 0.294 e. The van der Waals surface area contributed by atoms with Gasteiger partial charge in [-0.05, 0) is 43.6 Å². The first-order chi connectivity index (χ1) is 7.29. The summed E-state index contributed by atoms with van der Waals surface area (Å²) in [5.74, 6) is 4.95. The van der Waals surface area contributed by atoms with Crippen LogP contribution in [0.25, 0.3) is 0 Å². The van der Waals surface area contributed by atoms with Crippen LogP contribution in [-0.2, 0) is 11.3 Å². The van der Waals surface area contributed by atoms with Gasteiger partial charge in [-0.3, -0.25) is 14.9 Å². The highest BCUT2D eigenvalue weighted by molar-refractivity contribution is 9.10. The maximum Gasteiger partial charge on any atom is 0.241 e. The predicted octanol–water partition coefficient (Wildman–Crippen LogP) is 1.28. The molecular weight excluding hydrogens is 272 g/mol. The van der Waals surface area contributed by atoms with Gasteiger partial charge in [-0.2, -0.15) is 5.10 Å². The normalized spacial score (nSPS) is 11.6. The van der Waals surface area contributed by atoms with Crippen molar-refractivity contribution in [1.82, 2.24) is 15.2 Å². The molecule has 0 fully saturated rings. The zero-order valence-electron chi connectivity index (χ0n) is 9.97. The lowest BCUT2D eigenvalue weighted by Gasteiger charge is -2.22. The first kappa shape index (κ1) is 13.2. The molecule has 0 aliphatic carbocycles. The van der Waals surface area contributed by atoms with E-state index < -0.39 is 5.41 Å². The Morgan fingerprint density at radius 3 is 2.50 bits per heavy atom. The molecule has 0 saturated carbocycles. The van der Waals surface area contributed by atoms with Crippen molar-refractivity contribution in [2.45, 2.75) is 34.2 Å². The molecule has 3 N–H and O–H groups in total. The Morgan fingerprint density at radius 1 is 1.56 bits per heavy atom. The number of aryl methyl sites for hydroxylation is 1. The van der Waals surface area contributed by atoms with E-state index in [2.05, 4.69) is 26.5 Å². The SMILES string of the molecule is Cc1nn(CC(C)(C)C(=O)NN)c(C)c1Br. The molecule has 1 aromatic rings. The molecule has 1 aromatic heterocycles. The van der Waals surface area contributed by atoms with Gasteiger partial charge in [0.05, 0.1) is 22.1 Å². The van der Waals surface area contributed by atoms with Crippen molar-refractivity contribution in [3.63, 3.8) is 0 Å². The maximum absolute atomic E-state index is 11.6. The molecule has 0 unspecified atom stereocenters. The van der Waals surface area contributed by atoms with Crippen molar-refractivity contribution in [2.75, 3.05) is 0 Å². The van der Waals surface area contributed by atoms with Crippen LogP contribution in [0.15, 0.2) is 4.47 Å². The van der Waals surface area contributed by atoms with Gasteiger partial charge >= 0.3 is 0 Å². The van der Waals surface area contributed by atoms with Crippen molar-refractivity contribution in [2.24, 2.45) is 11.3 Å². The molecule has 0 bridgehead atoms. The van der Waals surface area contributed by atoms with Gasteiger partial charge in [-0.15, -0.1) is 0 Å². The number of hydrogen-bond donors (Lipinski definition) is 2. The number of nitrogens with zero attached hydrogens (tertiary/aromatic N) is 2. The Labute approximate surface area is 103 Å². The third kappa shape index (κ3) is 2.44. The van der Waals surface area contributed by atoms with E-state index in [0.717, 1.165) is 15.9 Å². The molecule has 0 atom stereocenters. The van der Waals surface area contributed by atoms with E-state index in [1.165, 1.54) is 0 Å². The fourth-order valence-corrected chi connectivity index (χ4v) is 1.75. The molecular formula is C10H17BrN4O. The van der Waals surface area contributed by atoms with Crippen molar-refractivity contribution >= 4 is 21.8 Å². The highest BCUT2D eigenvalue weighted by atomic mass is 79.9. The zero-order chi connectivity index (χ0) is 12.5. The van der Waals surface area contributed by atoms with E-state index in [1.54, 1.807) is 0 Å². The molecule has 16 heavy (non-hydrogen) atoms. The van der Waals surface area contributed by atoms with Crippen LogP contribution in [0, 0.1) is 19.3 Å². The second-order valence-electron chi connectivity index (χ2n) is 4.50. The predicted molar refractivity (Wildman–Crippen MR) is 65.5 cm³/mol. The lowest BCUT2D eigenvalue weighted by molar-refractivity contribution is -0.130.